The zero-order chi connectivity index (χ0) is 16.2. The van der Waals surface area contributed by atoms with Crippen LogP contribution in [0, 0.1) is 5.92 Å². The van der Waals surface area contributed by atoms with Crippen molar-refractivity contribution in [1.29, 1.82) is 0 Å². The molecule has 0 radical (unpaired) electrons. The van der Waals surface area contributed by atoms with Crippen molar-refractivity contribution in [3.05, 3.63) is 12.3 Å². The third-order valence-corrected chi connectivity index (χ3v) is 4.50. The summed E-state index contributed by atoms with van der Waals surface area (Å²) < 4.78 is 5.33. The van der Waals surface area contributed by atoms with E-state index in [0.29, 0.717) is 12.5 Å². The van der Waals surface area contributed by atoms with Crippen molar-refractivity contribution in [3.63, 3.8) is 0 Å². The molecular formula is C16H25N5O2. The molecule has 3 heterocycles. The molecule has 2 aliphatic rings. The smallest absolute Gasteiger partial charge is 0.227 e. The highest BCUT2D eigenvalue weighted by molar-refractivity contribution is 5.80. The molecule has 126 valence electrons. The highest BCUT2D eigenvalue weighted by Gasteiger charge is 2.31. The molecule has 1 N–H and O–H groups in total. The van der Waals surface area contributed by atoms with Gasteiger partial charge in [0.05, 0.1) is 5.92 Å². The number of anilines is 2. The molecule has 7 heteroatoms. The lowest BCUT2D eigenvalue weighted by Gasteiger charge is -2.24. The second-order valence-electron chi connectivity index (χ2n) is 6.44. The minimum Gasteiger partial charge on any atom is -0.381 e. The molecule has 2 saturated heterocycles. The number of hydrogen-bond donors (Lipinski definition) is 1. The summed E-state index contributed by atoms with van der Waals surface area (Å²) in [6.07, 6.45) is 4.45. The molecule has 1 atom stereocenters. The standard InChI is InChI=1S/C16H25N5O2/c1-20(2)14-3-7-17-16(19-14)21-8-4-12(11-21)15(22)18-13-5-9-23-10-6-13/h3,7,12-13H,4-6,8-11H2,1-2H3,(H,18,22). The van der Waals surface area contributed by atoms with E-state index < -0.39 is 0 Å². The number of carbonyl (C=O) groups is 1. The Morgan fingerprint density at radius 1 is 1.35 bits per heavy atom. The van der Waals surface area contributed by atoms with Gasteiger partial charge in [-0.05, 0) is 25.3 Å². The Balaban J connectivity index is 1.57. The number of ether oxygens (including phenoxy) is 1. The van der Waals surface area contributed by atoms with E-state index in [2.05, 4.69) is 20.2 Å². The first-order valence-electron chi connectivity index (χ1n) is 8.27. The normalized spacial score (nSPS) is 22.2. The van der Waals surface area contributed by atoms with E-state index in [1.165, 1.54) is 0 Å². The summed E-state index contributed by atoms with van der Waals surface area (Å²) in [5, 5.41) is 3.17. The SMILES string of the molecule is CN(C)c1ccnc(N2CCC(C(=O)NC3CCOCC3)C2)n1. The maximum absolute atomic E-state index is 12.4. The number of carbonyl (C=O) groups excluding carboxylic acids is 1. The lowest BCUT2D eigenvalue weighted by molar-refractivity contribution is -0.125. The average Bonchev–Trinajstić information content (AvgIpc) is 3.06. The molecule has 1 aromatic heterocycles. The summed E-state index contributed by atoms with van der Waals surface area (Å²) in [5.41, 5.74) is 0. The Hall–Kier alpha value is -1.89. The second kappa shape index (κ2) is 7.12. The van der Waals surface area contributed by atoms with Gasteiger partial charge in [0.15, 0.2) is 0 Å². The van der Waals surface area contributed by atoms with Gasteiger partial charge in [0.2, 0.25) is 11.9 Å². The van der Waals surface area contributed by atoms with E-state index in [0.717, 1.165) is 44.8 Å². The van der Waals surface area contributed by atoms with Gasteiger partial charge >= 0.3 is 0 Å². The number of aromatic nitrogens is 2. The van der Waals surface area contributed by atoms with Gasteiger partial charge in [0.25, 0.3) is 0 Å². The van der Waals surface area contributed by atoms with Crippen LogP contribution in [0.1, 0.15) is 19.3 Å². The minimum atomic E-state index is 0.0180. The summed E-state index contributed by atoms with van der Waals surface area (Å²) >= 11 is 0. The topological polar surface area (TPSA) is 70.6 Å². The zero-order valence-electron chi connectivity index (χ0n) is 13.9. The van der Waals surface area contributed by atoms with E-state index in [4.69, 9.17) is 4.74 Å². The predicted octanol–water partition coefficient (Wildman–Crippen LogP) is 0.664. The van der Waals surface area contributed by atoms with Crippen LogP contribution in [0.4, 0.5) is 11.8 Å². The Labute approximate surface area is 137 Å². The molecule has 0 aliphatic carbocycles. The molecule has 1 amide bonds. The molecule has 1 unspecified atom stereocenters. The molecule has 7 nitrogen and oxygen atoms in total. The zero-order valence-corrected chi connectivity index (χ0v) is 13.9. The third-order valence-electron chi connectivity index (χ3n) is 4.50. The first-order chi connectivity index (χ1) is 11.1. The molecule has 23 heavy (non-hydrogen) atoms. The van der Waals surface area contributed by atoms with Crippen LogP contribution < -0.4 is 15.1 Å². The van der Waals surface area contributed by atoms with E-state index in [9.17, 15) is 4.79 Å². The van der Waals surface area contributed by atoms with Crippen LogP contribution in [-0.2, 0) is 9.53 Å². The van der Waals surface area contributed by atoms with E-state index >= 15 is 0 Å². The summed E-state index contributed by atoms with van der Waals surface area (Å²) in [5.74, 6) is 1.76. The van der Waals surface area contributed by atoms with Gasteiger partial charge < -0.3 is 19.9 Å². The molecule has 1 aromatic rings. The Bertz CT molecular complexity index is 545. The van der Waals surface area contributed by atoms with Crippen molar-refractivity contribution >= 4 is 17.7 Å². The van der Waals surface area contributed by atoms with Crippen LogP contribution in [0.3, 0.4) is 0 Å². The van der Waals surface area contributed by atoms with Gasteiger partial charge in [0, 0.05) is 52.6 Å². The van der Waals surface area contributed by atoms with Crippen molar-refractivity contribution in [2.75, 3.05) is 50.2 Å². The Kier molecular flexibility index (Phi) is 4.95. The van der Waals surface area contributed by atoms with Crippen LogP contribution in [0.25, 0.3) is 0 Å². The highest BCUT2D eigenvalue weighted by Crippen LogP contribution is 2.22. The fraction of sp³-hybridized carbons (Fsp3) is 0.688. The highest BCUT2D eigenvalue weighted by atomic mass is 16.5. The molecule has 2 aliphatic heterocycles. The minimum absolute atomic E-state index is 0.0180. The van der Waals surface area contributed by atoms with Crippen molar-refractivity contribution in [2.45, 2.75) is 25.3 Å². The number of nitrogens with zero attached hydrogens (tertiary/aromatic N) is 4. The van der Waals surface area contributed by atoms with Crippen LogP contribution >= 0.6 is 0 Å². The van der Waals surface area contributed by atoms with Gasteiger partial charge in [0.1, 0.15) is 5.82 Å². The van der Waals surface area contributed by atoms with Crippen molar-refractivity contribution < 1.29 is 9.53 Å². The lowest BCUT2D eigenvalue weighted by atomic mass is 10.1. The Morgan fingerprint density at radius 2 is 2.13 bits per heavy atom. The Morgan fingerprint density at radius 3 is 2.87 bits per heavy atom. The fourth-order valence-electron chi connectivity index (χ4n) is 3.06. The van der Waals surface area contributed by atoms with Crippen LogP contribution in [-0.4, -0.2) is 62.3 Å². The molecule has 0 spiro atoms. The molecule has 0 aromatic carbocycles. The molecule has 2 fully saturated rings. The molecule has 0 bridgehead atoms. The van der Waals surface area contributed by atoms with Crippen LogP contribution in [0.2, 0.25) is 0 Å². The van der Waals surface area contributed by atoms with E-state index in [-0.39, 0.29) is 17.9 Å². The lowest BCUT2D eigenvalue weighted by Crippen LogP contribution is -2.42. The maximum Gasteiger partial charge on any atom is 0.227 e. The number of nitrogens with one attached hydrogen (secondary N) is 1. The summed E-state index contributed by atoms with van der Waals surface area (Å²) in [4.78, 5) is 25.4. The average molecular weight is 319 g/mol. The number of hydrogen-bond acceptors (Lipinski definition) is 6. The largest absolute Gasteiger partial charge is 0.381 e. The van der Waals surface area contributed by atoms with Gasteiger partial charge in [-0.3, -0.25) is 4.79 Å². The van der Waals surface area contributed by atoms with Crippen molar-refractivity contribution in [1.82, 2.24) is 15.3 Å². The third kappa shape index (κ3) is 3.90. The van der Waals surface area contributed by atoms with Crippen molar-refractivity contribution in [2.24, 2.45) is 5.92 Å². The molecular weight excluding hydrogens is 294 g/mol. The van der Waals surface area contributed by atoms with Crippen LogP contribution in [0.15, 0.2) is 12.3 Å². The van der Waals surface area contributed by atoms with Crippen molar-refractivity contribution in [3.8, 4) is 0 Å². The van der Waals surface area contributed by atoms with E-state index in [1.54, 1.807) is 6.20 Å². The van der Waals surface area contributed by atoms with Gasteiger partial charge in [-0.1, -0.05) is 0 Å². The number of rotatable bonds is 4. The summed E-state index contributed by atoms with van der Waals surface area (Å²) in [6.45, 7) is 2.99. The first kappa shape index (κ1) is 16.0. The second-order valence-corrected chi connectivity index (χ2v) is 6.44. The predicted molar refractivity (Wildman–Crippen MR) is 88.7 cm³/mol. The summed E-state index contributed by atoms with van der Waals surface area (Å²) in [6, 6.07) is 2.15. The van der Waals surface area contributed by atoms with Crippen LogP contribution in [0.5, 0.6) is 0 Å². The summed E-state index contributed by atoms with van der Waals surface area (Å²) in [7, 11) is 3.92. The van der Waals surface area contributed by atoms with Gasteiger partial charge in [-0.25, -0.2) is 4.98 Å². The monoisotopic (exact) mass is 319 g/mol. The number of amides is 1. The quantitative estimate of drug-likeness (QED) is 0.879. The maximum atomic E-state index is 12.4. The first-order valence-corrected chi connectivity index (χ1v) is 8.27. The fourth-order valence-corrected chi connectivity index (χ4v) is 3.06. The van der Waals surface area contributed by atoms with Gasteiger partial charge in [-0.15, -0.1) is 0 Å². The molecule has 0 saturated carbocycles. The van der Waals surface area contributed by atoms with E-state index in [1.807, 2.05) is 25.1 Å². The molecule has 3 rings (SSSR count). The van der Waals surface area contributed by atoms with Gasteiger partial charge in [-0.2, -0.15) is 4.98 Å².